The summed E-state index contributed by atoms with van der Waals surface area (Å²) in [4.78, 5) is 26.9. The SMILES string of the molecule is N=[N+]=Nc1c(F)c(F)c(C(=O)NCCSSCCN2C(=O)C=CC2O)c(F)c1F. The lowest BCUT2D eigenvalue weighted by Gasteiger charge is -2.19. The molecular weight excluding hydrogens is 438 g/mol. The molecule has 2 rings (SSSR count). The van der Waals surface area contributed by atoms with E-state index in [4.69, 9.17) is 5.53 Å². The van der Waals surface area contributed by atoms with E-state index in [0.29, 0.717) is 18.1 Å². The van der Waals surface area contributed by atoms with Crippen LogP contribution < -0.4 is 10.2 Å². The molecular formula is C15H14F4N5O3S2+. The fourth-order valence-corrected chi connectivity index (χ4v) is 4.12. The van der Waals surface area contributed by atoms with Gasteiger partial charge in [0, 0.05) is 30.7 Å². The second-order valence-corrected chi connectivity index (χ2v) is 8.09. The van der Waals surface area contributed by atoms with Crippen LogP contribution in [-0.4, -0.2) is 52.6 Å². The normalized spacial score (nSPS) is 15.6. The van der Waals surface area contributed by atoms with Crippen molar-refractivity contribution in [3.63, 3.8) is 0 Å². The molecule has 8 nitrogen and oxygen atoms in total. The van der Waals surface area contributed by atoms with Gasteiger partial charge in [0.1, 0.15) is 17.3 Å². The number of aliphatic hydroxyl groups excluding tert-OH is 1. The number of aliphatic hydroxyl groups is 1. The highest BCUT2D eigenvalue weighted by Crippen LogP contribution is 2.30. The molecule has 0 fully saturated rings. The second-order valence-electron chi connectivity index (χ2n) is 5.38. The van der Waals surface area contributed by atoms with Crippen LogP contribution >= 0.6 is 21.6 Å². The molecule has 1 atom stereocenters. The number of nitrogens with zero attached hydrogens (tertiary/aromatic N) is 3. The third-order valence-electron chi connectivity index (χ3n) is 3.60. The molecule has 14 heteroatoms. The molecule has 0 saturated heterocycles. The summed E-state index contributed by atoms with van der Waals surface area (Å²) in [7, 11) is 2.61. The van der Waals surface area contributed by atoms with Crippen LogP contribution in [0.5, 0.6) is 0 Å². The van der Waals surface area contributed by atoms with Gasteiger partial charge in [0.2, 0.25) is 16.5 Å². The van der Waals surface area contributed by atoms with E-state index >= 15 is 0 Å². The summed E-state index contributed by atoms with van der Waals surface area (Å²) in [5.41, 5.74) is 3.53. The quantitative estimate of drug-likeness (QED) is 0.133. The van der Waals surface area contributed by atoms with Crippen LogP contribution in [0.25, 0.3) is 0 Å². The molecule has 0 radical (unpaired) electrons. The first kappa shape index (κ1) is 22.9. The molecule has 3 N–H and O–H groups in total. The molecule has 1 heterocycles. The second kappa shape index (κ2) is 10.4. The number of rotatable bonds is 9. The molecule has 1 aromatic carbocycles. The lowest BCUT2D eigenvalue weighted by molar-refractivity contribution is -0.130. The van der Waals surface area contributed by atoms with Crippen molar-refractivity contribution in [3.8, 4) is 0 Å². The van der Waals surface area contributed by atoms with Crippen molar-refractivity contribution in [1.82, 2.24) is 15.1 Å². The third-order valence-corrected chi connectivity index (χ3v) is 5.99. The van der Waals surface area contributed by atoms with Crippen molar-refractivity contribution in [2.24, 2.45) is 5.11 Å². The molecule has 1 aliphatic heterocycles. The van der Waals surface area contributed by atoms with E-state index in [2.05, 4.69) is 15.3 Å². The molecule has 0 aliphatic carbocycles. The highest BCUT2D eigenvalue weighted by molar-refractivity contribution is 8.76. The van der Waals surface area contributed by atoms with Gasteiger partial charge in [-0.1, -0.05) is 21.6 Å². The zero-order valence-electron chi connectivity index (χ0n) is 14.5. The molecule has 1 unspecified atom stereocenters. The topological polar surface area (TPSA) is 120 Å². The summed E-state index contributed by atoms with van der Waals surface area (Å²) in [6, 6.07) is 0. The van der Waals surface area contributed by atoms with E-state index in [-0.39, 0.29) is 12.5 Å². The van der Waals surface area contributed by atoms with Gasteiger partial charge >= 0.3 is 0 Å². The van der Waals surface area contributed by atoms with Gasteiger partial charge in [0.25, 0.3) is 5.91 Å². The fourth-order valence-electron chi connectivity index (χ4n) is 2.25. The zero-order valence-corrected chi connectivity index (χ0v) is 16.1. The summed E-state index contributed by atoms with van der Waals surface area (Å²) in [5, 5.41) is 14.3. The standard InChI is InChI=1S/C15H13F4N5O3S2/c16-10-9(11(17)13(19)14(12(10)18)22-23-20)15(27)21-3-5-28-29-6-4-24-7(25)1-2-8(24)26/h1-2,7,20,25H,3-6H2/p+1. The van der Waals surface area contributed by atoms with Crippen LogP contribution in [0.3, 0.4) is 0 Å². The van der Waals surface area contributed by atoms with Crippen molar-refractivity contribution in [1.29, 1.82) is 5.53 Å². The van der Waals surface area contributed by atoms with Crippen molar-refractivity contribution >= 4 is 39.1 Å². The number of benzene rings is 1. The molecule has 156 valence electrons. The summed E-state index contributed by atoms with van der Waals surface area (Å²) >= 11 is 0. The summed E-state index contributed by atoms with van der Waals surface area (Å²) in [5.74, 6) is -8.60. The van der Waals surface area contributed by atoms with E-state index in [0.717, 1.165) is 0 Å². The van der Waals surface area contributed by atoms with Crippen molar-refractivity contribution in [2.75, 3.05) is 24.6 Å². The van der Waals surface area contributed by atoms with Gasteiger partial charge in [-0.3, -0.25) is 9.59 Å². The number of carbonyl (C=O) groups excluding carboxylic acids is 2. The monoisotopic (exact) mass is 452 g/mol. The first-order chi connectivity index (χ1) is 13.8. The van der Waals surface area contributed by atoms with E-state index in [9.17, 15) is 32.3 Å². The summed E-state index contributed by atoms with van der Waals surface area (Å²) < 4.78 is 55.2. The average Bonchev–Trinajstić information content (AvgIpc) is 3.01. The van der Waals surface area contributed by atoms with Crippen molar-refractivity contribution in [2.45, 2.75) is 6.23 Å². The van der Waals surface area contributed by atoms with Crippen LogP contribution in [0.15, 0.2) is 17.3 Å². The number of hydrogen-bond acceptors (Lipinski definition) is 7. The van der Waals surface area contributed by atoms with Gasteiger partial charge in [0.15, 0.2) is 28.4 Å². The minimum atomic E-state index is -1.94. The summed E-state index contributed by atoms with van der Waals surface area (Å²) in [6.07, 6.45) is 1.68. The molecule has 2 amide bonds. The third kappa shape index (κ3) is 5.35. The van der Waals surface area contributed by atoms with Gasteiger partial charge in [-0.2, -0.15) is 0 Å². The van der Waals surface area contributed by atoms with Gasteiger partial charge in [-0.15, -0.1) is 0 Å². The molecule has 0 saturated carbocycles. The van der Waals surface area contributed by atoms with Crippen molar-refractivity contribution < 1.29 is 32.3 Å². The minimum Gasteiger partial charge on any atom is -0.370 e. The Morgan fingerprint density at radius 3 is 2.38 bits per heavy atom. The number of carbonyl (C=O) groups is 2. The van der Waals surface area contributed by atoms with Crippen LogP contribution in [0.4, 0.5) is 23.2 Å². The number of halogens is 4. The Balaban J connectivity index is 1.81. The van der Waals surface area contributed by atoms with Crippen LogP contribution in [-0.2, 0) is 4.79 Å². The summed E-state index contributed by atoms with van der Waals surface area (Å²) in [6.45, 7) is 0.244. The van der Waals surface area contributed by atoms with Crippen molar-refractivity contribution in [3.05, 3.63) is 41.0 Å². The molecule has 1 aromatic rings. The highest BCUT2D eigenvalue weighted by Gasteiger charge is 2.31. The Labute approximate surface area is 169 Å². The first-order valence-corrected chi connectivity index (χ1v) is 10.4. The van der Waals surface area contributed by atoms with Gasteiger partial charge < -0.3 is 15.3 Å². The molecule has 1 aliphatic rings. The Kier molecular flexibility index (Phi) is 8.20. The number of amides is 2. The number of hydrogen-bond donors (Lipinski definition) is 3. The highest BCUT2D eigenvalue weighted by atomic mass is 33.1. The number of nitrogens with one attached hydrogen (secondary N) is 2. The predicted molar refractivity (Wildman–Crippen MR) is 97.3 cm³/mol. The predicted octanol–water partition coefficient (Wildman–Crippen LogP) is 2.25. The maximum atomic E-state index is 13.9. The van der Waals surface area contributed by atoms with E-state index < -0.39 is 46.7 Å². The maximum absolute atomic E-state index is 13.9. The molecule has 0 spiro atoms. The lowest BCUT2D eigenvalue weighted by Crippen LogP contribution is -2.35. The minimum absolute atomic E-state index is 0.0559. The molecule has 0 aromatic heterocycles. The Morgan fingerprint density at radius 2 is 1.83 bits per heavy atom. The average molecular weight is 452 g/mol. The smallest absolute Gasteiger partial charge is 0.257 e. The van der Waals surface area contributed by atoms with E-state index in [1.165, 1.54) is 38.6 Å². The van der Waals surface area contributed by atoms with Crippen LogP contribution in [0.2, 0.25) is 0 Å². The molecule has 29 heavy (non-hydrogen) atoms. The van der Waals surface area contributed by atoms with E-state index in [1.807, 2.05) is 0 Å². The van der Waals surface area contributed by atoms with Crippen LogP contribution in [0, 0.1) is 28.8 Å². The Morgan fingerprint density at radius 1 is 1.21 bits per heavy atom. The fraction of sp³-hybridized carbons (Fsp3) is 0.333. The van der Waals surface area contributed by atoms with Gasteiger partial charge in [0.05, 0.1) is 0 Å². The van der Waals surface area contributed by atoms with Crippen LogP contribution in [0.1, 0.15) is 10.4 Å². The van der Waals surface area contributed by atoms with E-state index in [1.54, 1.807) is 0 Å². The Bertz CT molecular complexity index is 866. The van der Waals surface area contributed by atoms with Gasteiger partial charge in [-0.25, -0.2) is 17.6 Å². The lowest BCUT2D eigenvalue weighted by atomic mass is 10.1. The maximum Gasteiger partial charge on any atom is 0.257 e. The largest absolute Gasteiger partial charge is 0.370 e. The first-order valence-electron chi connectivity index (χ1n) is 7.92. The zero-order chi connectivity index (χ0) is 21.6. The van der Waals surface area contributed by atoms with Gasteiger partial charge in [-0.05, 0) is 6.08 Å². The Hall–Kier alpha value is -2.41. The molecule has 0 bridgehead atoms.